The number of fused-ring (bicyclic) bond motifs is 1. The molecule has 1 aromatic carbocycles. The SMILES string of the molecule is O=C(NC1=N[C@]2(c3nc(Br)cs3)COC3(CCC3)C[C@@H]2CS1)c1ccccc1. The van der Waals surface area contributed by atoms with Gasteiger partial charge in [-0.1, -0.05) is 30.0 Å². The Bertz CT molecular complexity index is 929. The van der Waals surface area contributed by atoms with E-state index in [0.29, 0.717) is 23.3 Å². The van der Waals surface area contributed by atoms with Gasteiger partial charge in [0.2, 0.25) is 0 Å². The minimum Gasteiger partial charge on any atom is -0.372 e. The quantitative estimate of drug-likeness (QED) is 0.686. The van der Waals surface area contributed by atoms with Gasteiger partial charge in [0.15, 0.2) is 5.17 Å². The molecule has 2 fully saturated rings. The summed E-state index contributed by atoms with van der Waals surface area (Å²) < 4.78 is 7.22. The molecule has 1 aromatic heterocycles. The molecule has 2 aliphatic heterocycles. The van der Waals surface area contributed by atoms with Crippen LogP contribution in [0, 0.1) is 5.92 Å². The normalized spacial score (nSPS) is 28.2. The lowest BCUT2D eigenvalue weighted by Gasteiger charge is -2.54. The molecule has 5 rings (SSSR count). The summed E-state index contributed by atoms with van der Waals surface area (Å²) in [5, 5.41) is 6.62. The number of nitrogens with zero attached hydrogens (tertiary/aromatic N) is 2. The highest BCUT2D eigenvalue weighted by Gasteiger charge is 2.56. The smallest absolute Gasteiger partial charge is 0.257 e. The Morgan fingerprint density at radius 1 is 1.29 bits per heavy atom. The number of amides is 1. The number of ether oxygens (including phenoxy) is 1. The topological polar surface area (TPSA) is 63.6 Å². The van der Waals surface area contributed by atoms with E-state index in [1.54, 1.807) is 23.1 Å². The van der Waals surface area contributed by atoms with Crippen molar-refractivity contribution in [2.24, 2.45) is 10.9 Å². The van der Waals surface area contributed by atoms with Gasteiger partial charge in [0.25, 0.3) is 5.91 Å². The van der Waals surface area contributed by atoms with Crippen molar-refractivity contribution in [2.75, 3.05) is 12.4 Å². The van der Waals surface area contributed by atoms with Crippen molar-refractivity contribution in [3.63, 3.8) is 0 Å². The second-order valence-corrected chi connectivity index (χ2v) is 10.4. The van der Waals surface area contributed by atoms with Gasteiger partial charge in [0, 0.05) is 22.6 Å². The molecule has 3 aliphatic rings. The zero-order valence-electron chi connectivity index (χ0n) is 15.2. The Morgan fingerprint density at radius 3 is 2.79 bits per heavy atom. The summed E-state index contributed by atoms with van der Waals surface area (Å²) in [6, 6.07) is 9.25. The first-order valence-corrected chi connectivity index (χ1v) is 12.1. The molecule has 1 spiro atoms. The number of halogens is 1. The Balaban J connectivity index is 1.46. The van der Waals surface area contributed by atoms with E-state index in [1.807, 2.05) is 35.7 Å². The van der Waals surface area contributed by atoms with Crippen molar-refractivity contribution in [3.05, 3.63) is 50.9 Å². The third-order valence-electron chi connectivity index (χ3n) is 5.98. The van der Waals surface area contributed by atoms with Gasteiger partial charge in [-0.25, -0.2) is 9.98 Å². The predicted octanol–water partition coefficient (Wildman–Crippen LogP) is 4.59. The Morgan fingerprint density at radius 2 is 2.11 bits per heavy atom. The molecule has 2 aromatic rings. The minimum absolute atomic E-state index is 0.0452. The number of aromatic nitrogens is 1. The third-order valence-corrected chi connectivity index (χ3v) is 8.74. The summed E-state index contributed by atoms with van der Waals surface area (Å²) in [4.78, 5) is 22.4. The van der Waals surface area contributed by atoms with Crippen LogP contribution < -0.4 is 5.32 Å². The van der Waals surface area contributed by atoms with Gasteiger partial charge in [-0.15, -0.1) is 11.3 Å². The molecule has 2 atom stereocenters. The molecule has 28 heavy (non-hydrogen) atoms. The maximum absolute atomic E-state index is 12.6. The Labute approximate surface area is 180 Å². The van der Waals surface area contributed by atoms with Gasteiger partial charge in [-0.2, -0.15) is 0 Å². The molecule has 1 aliphatic carbocycles. The van der Waals surface area contributed by atoms with Crippen molar-refractivity contribution in [1.82, 2.24) is 10.3 Å². The van der Waals surface area contributed by atoms with Gasteiger partial charge in [-0.05, 0) is 53.7 Å². The molecule has 1 N–H and O–H groups in total. The predicted molar refractivity (Wildman–Crippen MR) is 116 cm³/mol. The van der Waals surface area contributed by atoms with Gasteiger partial charge in [0.05, 0.1) is 12.2 Å². The lowest BCUT2D eigenvalue weighted by molar-refractivity contribution is -0.169. The number of hydrogen-bond donors (Lipinski definition) is 1. The van der Waals surface area contributed by atoms with Gasteiger partial charge in [0.1, 0.15) is 15.1 Å². The number of thiazole rings is 1. The average Bonchev–Trinajstić information content (AvgIpc) is 3.14. The molecule has 8 heteroatoms. The number of thioether (sulfide) groups is 1. The molecular weight excluding hydrogens is 458 g/mol. The van der Waals surface area contributed by atoms with Crippen LogP contribution in [-0.4, -0.2) is 34.0 Å². The monoisotopic (exact) mass is 477 g/mol. The van der Waals surface area contributed by atoms with Crippen LogP contribution in [0.1, 0.15) is 41.0 Å². The number of carbonyl (C=O) groups excluding carboxylic acids is 1. The highest BCUT2D eigenvalue weighted by molar-refractivity contribution is 9.10. The summed E-state index contributed by atoms with van der Waals surface area (Å²) in [6.45, 7) is 0.531. The molecular formula is C20H20BrN3O2S2. The van der Waals surface area contributed by atoms with Crippen LogP contribution in [0.5, 0.6) is 0 Å². The Hall–Kier alpha value is -1.22. The van der Waals surface area contributed by atoms with E-state index in [4.69, 9.17) is 14.7 Å². The van der Waals surface area contributed by atoms with Crippen LogP contribution in [0.25, 0.3) is 0 Å². The average molecular weight is 478 g/mol. The van der Waals surface area contributed by atoms with Crippen LogP contribution >= 0.6 is 39.0 Å². The van der Waals surface area contributed by atoms with Crippen molar-refractivity contribution in [3.8, 4) is 0 Å². The van der Waals surface area contributed by atoms with Crippen molar-refractivity contribution in [1.29, 1.82) is 0 Å². The number of amidine groups is 1. The number of aliphatic imine (C=N–C) groups is 1. The van der Waals surface area contributed by atoms with Crippen LogP contribution in [0.2, 0.25) is 0 Å². The first-order chi connectivity index (χ1) is 13.6. The molecule has 1 amide bonds. The highest BCUT2D eigenvalue weighted by atomic mass is 79.9. The maximum atomic E-state index is 12.6. The number of carbonyl (C=O) groups is 1. The number of hydrogen-bond acceptors (Lipinski definition) is 6. The van der Waals surface area contributed by atoms with E-state index in [2.05, 4.69) is 21.2 Å². The lowest BCUT2D eigenvalue weighted by Crippen LogP contribution is -2.57. The largest absolute Gasteiger partial charge is 0.372 e. The van der Waals surface area contributed by atoms with Crippen molar-refractivity contribution >= 4 is 50.1 Å². The molecule has 146 valence electrons. The summed E-state index contributed by atoms with van der Waals surface area (Å²) >= 11 is 6.72. The number of rotatable bonds is 2. The first kappa shape index (κ1) is 18.8. The van der Waals surface area contributed by atoms with E-state index < -0.39 is 5.54 Å². The van der Waals surface area contributed by atoms with E-state index in [1.165, 1.54) is 6.42 Å². The highest BCUT2D eigenvalue weighted by Crippen LogP contribution is 2.54. The minimum atomic E-state index is -0.512. The van der Waals surface area contributed by atoms with Crippen LogP contribution in [-0.2, 0) is 10.3 Å². The van der Waals surface area contributed by atoms with E-state index in [9.17, 15) is 4.79 Å². The maximum Gasteiger partial charge on any atom is 0.257 e. The molecule has 0 unspecified atom stereocenters. The Kier molecular flexibility index (Phi) is 4.85. The summed E-state index contributed by atoms with van der Waals surface area (Å²) in [6.07, 6.45) is 4.55. The van der Waals surface area contributed by atoms with E-state index in [0.717, 1.165) is 34.6 Å². The molecule has 1 saturated heterocycles. The standard InChI is InChI=1S/C20H20BrN3O2S2/c21-15-11-27-17(22-15)20-12-26-19(7-4-8-19)9-14(20)10-28-18(24-20)23-16(25)13-5-2-1-3-6-13/h1-3,5-6,11,14H,4,7-10,12H2,(H,23,24,25)/t14-,20-/m1/s1. The molecule has 1 saturated carbocycles. The summed E-state index contributed by atoms with van der Waals surface area (Å²) in [5.74, 6) is 1.14. The molecule has 3 heterocycles. The first-order valence-electron chi connectivity index (χ1n) is 9.43. The molecule has 5 nitrogen and oxygen atoms in total. The van der Waals surface area contributed by atoms with Crippen LogP contribution in [0.15, 0.2) is 45.3 Å². The fourth-order valence-electron chi connectivity index (χ4n) is 4.25. The second-order valence-electron chi connectivity index (χ2n) is 7.67. The summed E-state index contributed by atoms with van der Waals surface area (Å²) in [7, 11) is 0. The zero-order chi connectivity index (χ0) is 19.2. The van der Waals surface area contributed by atoms with Gasteiger partial charge >= 0.3 is 0 Å². The van der Waals surface area contributed by atoms with Crippen LogP contribution in [0.3, 0.4) is 0 Å². The van der Waals surface area contributed by atoms with Crippen molar-refractivity contribution < 1.29 is 9.53 Å². The zero-order valence-corrected chi connectivity index (χ0v) is 18.4. The molecule has 0 radical (unpaired) electrons. The number of nitrogens with one attached hydrogen (secondary N) is 1. The van der Waals surface area contributed by atoms with Gasteiger partial charge in [-0.3, -0.25) is 4.79 Å². The second kappa shape index (κ2) is 7.23. The fourth-order valence-corrected chi connectivity index (χ4v) is 6.86. The van der Waals surface area contributed by atoms with E-state index >= 15 is 0 Å². The fraction of sp³-hybridized carbons (Fsp3) is 0.450. The molecule has 0 bridgehead atoms. The van der Waals surface area contributed by atoms with Crippen molar-refractivity contribution in [2.45, 2.75) is 36.8 Å². The lowest BCUT2D eigenvalue weighted by atomic mass is 9.67. The van der Waals surface area contributed by atoms with Crippen LogP contribution in [0.4, 0.5) is 0 Å². The van der Waals surface area contributed by atoms with Gasteiger partial charge < -0.3 is 10.1 Å². The van der Waals surface area contributed by atoms with E-state index in [-0.39, 0.29) is 11.5 Å². The number of benzene rings is 1. The third kappa shape index (κ3) is 3.24. The summed E-state index contributed by atoms with van der Waals surface area (Å²) in [5.41, 5.74) is 0.165.